The molecular weight excluding hydrogens is 332 g/mol. The summed E-state index contributed by atoms with van der Waals surface area (Å²) in [6.45, 7) is 1.64. The highest BCUT2D eigenvalue weighted by Gasteiger charge is 2.41. The van der Waals surface area contributed by atoms with Crippen molar-refractivity contribution in [2.45, 2.75) is 43.8 Å². The average molecular weight is 355 g/mol. The molecule has 0 aromatic heterocycles. The Balaban J connectivity index is 1.56. The van der Waals surface area contributed by atoms with E-state index in [0.29, 0.717) is 24.5 Å². The number of hydrogen-bond acceptors (Lipinski definition) is 4. The summed E-state index contributed by atoms with van der Waals surface area (Å²) in [6.07, 6.45) is -1.18. The van der Waals surface area contributed by atoms with Gasteiger partial charge in [0, 0.05) is 31.5 Å². The monoisotopic (exact) mass is 355 g/mol. The third-order valence-corrected chi connectivity index (χ3v) is 4.90. The van der Waals surface area contributed by atoms with E-state index in [0.717, 1.165) is 12.8 Å². The van der Waals surface area contributed by atoms with Crippen LogP contribution in [0.5, 0.6) is 5.75 Å². The quantitative estimate of drug-likeness (QED) is 0.902. The maximum atomic E-state index is 12.8. The van der Waals surface area contributed by atoms with Gasteiger partial charge in [0.05, 0.1) is 13.2 Å². The van der Waals surface area contributed by atoms with Crippen molar-refractivity contribution in [2.75, 3.05) is 26.3 Å². The van der Waals surface area contributed by atoms with Crippen LogP contribution in [0.25, 0.3) is 0 Å². The number of carbonyl (C=O) groups is 1. The number of ether oxygens (including phenoxy) is 2. The zero-order valence-electron chi connectivity index (χ0n) is 14.0. The number of nitrogens with zero attached hydrogens (tertiary/aromatic N) is 1. The predicted octanol–water partition coefficient (Wildman–Crippen LogP) is 2.48. The molecule has 1 aromatic rings. The number of benzene rings is 1. The van der Waals surface area contributed by atoms with Crippen molar-refractivity contribution in [2.24, 2.45) is 0 Å². The summed E-state index contributed by atoms with van der Waals surface area (Å²) in [6, 6.07) is 6.88. The number of carbonyl (C=O) groups excluding carboxylic acids is 1. The van der Waals surface area contributed by atoms with Gasteiger partial charge in [-0.1, -0.05) is 0 Å². The van der Waals surface area contributed by atoms with Crippen LogP contribution < -0.4 is 4.74 Å². The molecule has 2 aliphatic rings. The Morgan fingerprint density at radius 3 is 2.36 bits per heavy atom. The number of halogens is 2. The van der Waals surface area contributed by atoms with Crippen molar-refractivity contribution in [3.63, 3.8) is 0 Å². The van der Waals surface area contributed by atoms with Gasteiger partial charge in [-0.2, -0.15) is 0 Å². The van der Waals surface area contributed by atoms with Crippen molar-refractivity contribution < 1.29 is 28.2 Å². The summed E-state index contributed by atoms with van der Waals surface area (Å²) < 4.78 is 36.8. The van der Waals surface area contributed by atoms with Crippen molar-refractivity contribution >= 4 is 5.91 Å². The lowest BCUT2D eigenvalue weighted by Crippen LogP contribution is -2.50. The molecule has 3 rings (SSSR count). The molecule has 2 fully saturated rings. The lowest BCUT2D eigenvalue weighted by atomic mass is 9.91. The molecule has 138 valence electrons. The molecule has 1 N–H and O–H groups in total. The van der Waals surface area contributed by atoms with Crippen molar-refractivity contribution in [3.05, 3.63) is 29.8 Å². The lowest BCUT2D eigenvalue weighted by molar-refractivity contribution is -0.122. The van der Waals surface area contributed by atoms with Gasteiger partial charge in [-0.05, 0) is 37.1 Å². The molecule has 1 aromatic carbocycles. The molecule has 2 heterocycles. The number of alkyl halides is 2. The van der Waals surface area contributed by atoms with Crippen LogP contribution in [0.1, 0.15) is 36.0 Å². The molecule has 7 heteroatoms. The highest BCUT2D eigenvalue weighted by Crippen LogP contribution is 2.29. The third-order valence-electron chi connectivity index (χ3n) is 4.90. The first-order valence-corrected chi connectivity index (χ1v) is 8.62. The first kappa shape index (κ1) is 18.1. The fraction of sp³-hybridized carbons (Fsp3) is 0.611. The van der Waals surface area contributed by atoms with Gasteiger partial charge in [0.2, 0.25) is 0 Å². The van der Waals surface area contributed by atoms with Gasteiger partial charge in [0.1, 0.15) is 17.5 Å². The van der Waals surface area contributed by atoms with Crippen LogP contribution >= 0.6 is 0 Å². The lowest BCUT2D eigenvalue weighted by Gasteiger charge is -2.37. The van der Waals surface area contributed by atoms with Crippen LogP contribution in [-0.2, 0) is 4.74 Å². The molecule has 5 nitrogen and oxygen atoms in total. The molecule has 0 bridgehead atoms. The van der Waals surface area contributed by atoms with Crippen molar-refractivity contribution in [1.29, 1.82) is 0 Å². The molecule has 0 atom stereocenters. The molecule has 0 spiro atoms. The first-order valence-electron chi connectivity index (χ1n) is 8.62. The summed E-state index contributed by atoms with van der Waals surface area (Å²) in [4.78, 5) is 14.0. The topological polar surface area (TPSA) is 59.0 Å². The minimum Gasteiger partial charge on any atom is -0.490 e. The Labute approximate surface area is 145 Å². The van der Waals surface area contributed by atoms with Gasteiger partial charge in [-0.25, -0.2) is 8.78 Å². The number of piperidine rings is 1. The van der Waals surface area contributed by atoms with Crippen LogP contribution in [0.15, 0.2) is 24.3 Å². The molecular formula is C18H23F2NO4. The van der Waals surface area contributed by atoms with Crippen LogP contribution in [0.3, 0.4) is 0 Å². The van der Waals surface area contributed by atoms with Gasteiger partial charge in [0.15, 0.2) is 0 Å². The van der Waals surface area contributed by atoms with E-state index in [-0.39, 0.29) is 37.9 Å². The minimum absolute atomic E-state index is 0.110. The number of amides is 1. The van der Waals surface area contributed by atoms with E-state index in [9.17, 15) is 18.7 Å². The number of rotatable bonds is 4. The fourth-order valence-corrected chi connectivity index (χ4v) is 3.16. The SMILES string of the molecule is O=C(c1ccc(OC2CCOCC2)cc1)N1CCC(O)(C(F)F)CC1. The number of aliphatic hydroxyl groups is 1. The van der Waals surface area contributed by atoms with E-state index in [2.05, 4.69) is 0 Å². The van der Waals surface area contributed by atoms with Crippen LogP contribution in [0.2, 0.25) is 0 Å². The van der Waals surface area contributed by atoms with Crippen LogP contribution in [0, 0.1) is 0 Å². The van der Waals surface area contributed by atoms with E-state index in [1.807, 2.05) is 0 Å². The second-order valence-corrected chi connectivity index (χ2v) is 6.65. The van der Waals surface area contributed by atoms with E-state index in [4.69, 9.17) is 9.47 Å². The Bertz CT molecular complexity index is 579. The zero-order valence-corrected chi connectivity index (χ0v) is 14.0. The molecule has 0 aliphatic carbocycles. The molecule has 1 amide bonds. The van der Waals surface area contributed by atoms with E-state index in [1.54, 1.807) is 24.3 Å². The largest absolute Gasteiger partial charge is 0.490 e. The molecule has 2 saturated heterocycles. The molecule has 0 saturated carbocycles. The van der Waals surface area contributed by atoms with E-state index < -0.39 is 12.0 Å². The second-order valence-electron chi connectivity index (χ2n) is 6.65. The Hall–Kier alpha value is -1.73. The smallest absolute Gasteiger partial charge is 0.266 e. The van der Waals surface area contributed by atoms with Gasteiger partial charge in [-0.15, -0.1) is 0 Å². The predicted molar refractivity (Wildman–Crippen MR) is 87.0 cm³/mol. The Morgan fingerprint density at radius 1 is 1.20 bits per heavy atom. The van der Waals surface area contributed by atoms with Crippen molar-refractivity contribution in [1.82, 2.24) is 4.90 Å². The fourth-order valence-electron chi connectivity index (χ4n) is 3.16. The second kappa shape index (κ2) is 7.66. The maximum Gasteiger partial charge on any atom is 0.266 e. The normalized spacial score (nSPS) is 21.4. The summed E-state index contributed by atoms with van der Waals surface area (Å²) in [7, 11) is 0. The molecule has 0 radical (unpaired) electrons. The minimum atomic E-state index is -2.79. The summed E-state index contributed by atoms with van der Waals surface area (Å²) in [5, 5.41) is 9.80. The third kappa shape index (κ3) is 4.27. The Morgan fingerprint density at radius 2 is 1.80 bits per heavy atom. The summed E-state index contributed by atoms with van der Waals surface area (Å²) >= 11 is 0. The highest BCUT2D eigenvalue weighted by atomic mass is 19.3. The van der Waals surface area contributed by atoms with Crippen LogP contribution in [0.4, 0.5) is 8.78 Å². The van der Waals surface area contributed by atoms with Gasteiger partial charge >= 0.3 is 0 Å². The van der Waals surface area contributed by atoms with Gasteiger partial charge < -0.3 is 19.5 Å². The van der Waals surface area contributed by atoms with Gasteiger partial charge in [0.25, 0.3) is 12.3 Å². The van der Waals surface area contributed by atoms with E-state index >= 15 is 0 Å². The van der Waals surface area contributed by atoms with Crippen LogP contribution in [-0.4, -0.2) is 60.3 Å². The number of likely N-dealkylation sites (tertiary alicyclic amines) is 1. The zero-order chi connectivity index (χ0) is 17.9. The highest BCUT2D eigenvalue weighted by molar-refractivity contribution is 5.94. The average Bonchev–Trinajstić information content (AvgIpc) is 2.63. The summed E-state index contributed by atoms with van der Waals surface area (Å²) in [5.41, 5.74) is -1.49. The van der Waals surface area contributed by atoms with Crippen molar-refractivity contribution in [3.8, 4) is 5.75 Å². The summed E-state index contributed by atoms with van der Waals surface area (Å²) in [5.74, 6) is 0.489. The van der Waals surface area contributed by atoms with E-state index in [1.165, 1.54) is 4.90 Å². The first-order chi connectivity index (χ1) is 12.0. The standard InChI is InChI=1S/C18H23F2NO4/c19-17(20)18(23)7-9-21(10-8-18)16(22)13-1-3-14(4-2-13)25-15-5-11-24-12-6-15/h1-4,15,17,23H,5-12H2. The maximum absolute atomic E-state index is 12.8. The molecule has 2 aliphatic heterocycles. The molecule has 0 unspecified atom stereocenters. The Kier molecular flexibility index (Phi) is 5.54. The number of hydrogen-bond donors (Lipinski definition) is 1. The molecule has 25 heavy (non-hydrogen) atoms. The van der Waals surface area contributed by atoms with Gasteiger partial charge in [-0.3, -0.25) is 4.79 Å².